The molecule has 2 aliphatic carbocycles. The molecule has 4 atom stereocenters. The molecule has 1 aromatic rings. The normalized spacial score (nSPS) is 30.0. The van der Waals surface area contributed by atoms with Crippen molar-refractivity contribution < 1.29 is 14.3 Å². The molecule has 1 aromatic heterocycles. The minimum atomic E-state index is -0.717. The largest absolute Gasteiger partial charge is 0.464 e. The first kappa shape index (κ1) is 19.9. The fraction of sp³-hybridized carbons (Fsp3) is 0.737. The molecule has 26 heavy (non-hydrogen) atoms. The zero-order chi connectivity index (χ0) is 17.4. The molecular formula is C19H30IN3O3. The second-order valence-electron chi connectivity index (χ2n) is 7.64. The van der Waals surface area contributed by atoms with Crippen LogP contribution in [0.3, 0.4) is 0 Å². The summed E-state index contributed by atoms with van der Waals surface area (Å²) >= 11 is 0. The minimum Gasteiger partial charge on any atom is -0.464 e. The van der Waals surface area contributed by atoms with E-state index in [0.717, 1.165) is 31.3 Å². The van der Waals surface area contributed by atoms with Gasteiger partial charge in [-0.1, -0.05) is 6.42 Å². The molecule has 6 nitrogen and oxygen atoms in total. The maximum Gasteiger partial charge on any atom is 0.191 e. The number of hydrogen-bond donors (Lipinski definition) is 3. The zero-order valence-electron chi connectivity index (χ0n) is 15.5. The SMILES string of the molecule is CCNC(=NCC(O)c1ccc(C)o1)NC1C2CCOC2C12CCC2.I. The molecule has 146 valence electrons. The van der Waals surface area contributed by atoms with Gasteiger partial charge in [0.1, 0.15) is 17.6 Å². The van der Waals surface area contributed by atoms with Gasteiger partial charge in [-0.15, -0.1) is 24.0 Å². The number of nitrogens with one attached hydrogen (secondary N) is 2. The van der Waals surface area contributed by atoms with Crippen molar-refractivity contribution >= 4 is 29.9 Å². The van der Waals surface area contributed by atoms with Crippen LogP contribution in [0.25, 0.3) is 0 Å². The Balaban J connectivity index is 0.00000196. The standard InChI is InChI=1S/C19H29N3O3.HI/c1-3-20-18(21-11-14(23)15-6-5-12(2)25-15)22-16-13-7-10-24-17(13)19(16)8-4-9-19;/h5-6,13-14,16-17,23H,3-4,7-11H2,1-2H3,(H2,20,21,22);1H. The van der Waals surface area contributed by atoms with E-state index in [2.05, 4.69) is 22.5 Å². The number of guanidine groups is 1. The molecule has 7 heteroatoms. The molecule has 0 radical (unpaired) electrons. The maximum atomic E-state index is 10.3. The van der Waals surface area contributed by atoms with Crippen LogP contribution in [0.5, 0.6) is 0 Å². The Labute approximate surface area is 172 Å². The van der Waals surface area contributed by atoms with Gasteiger partial charge < -0.3 is 24.9 Å². The van der Waals surface area contributed by atoms with Crippen LogP contribution in [0.1, 0.15) is 50.2 Å². The van der Waals surface area contributed by atoms with E-state index in [1.165, 1.54) is 19.3 Å². The summed E-state index contributed by atoms with van der Waals surface area (Å²) in [5.74, 6) is 2.76. The average molecular weight is 475 g/mol. The van der Waals surface area contributed by atoms with Crippen LogP contribution in [0.15, 0.2) is 21.5 Å². The van der Waals surface area contributed by atoms with Crippen LogP contribution >= 0.6 is 24.0 Å². The summed E-state index contributed by atoms with van der Waals surface area (Å²) in [5.41, 5.74) is 0.314. The average Bonchev–Trinajstić information content (AvgIpc) is 3.16. The maximum absolute atomic E-state index is 10.3. The van der Waals surface area contributed by atoms with Crippen LogP contribution < -0.4 is 10.6 Å². The molecule has 1 saturated heterocycles. The van der Waals surface area contributed by atoms with Gasteiger partial charge in [0.2, 0.25) is 0 Å². The molecule has 3 aliphatic rings. The van der Waals surface area contributed by atoms with Gasteiger partial charge in [0.05, 0.1) is 12.6 Å². The number of hydrogen-bond acceptors (Lipinski definition) is 4. The van der Waals surface area contributed by atoms with E-state index < -0.39 is 6.10 Å². The van der Waals surface area contributed by atoms with Gasteiger partial charge in [-0.05, 0) is 45.2 Å². The van der Waals surface area contributed by atoms with Crippen molar-refractivity contribution in [3.63, 3.8) is 0 Å². The second kappa shape index (κ2) is 8.06. The molecule has 2 saturated carbocycles. The van der Waals surface area contributed by atoms with Crippen molar-refractivity contribution in [2.45, 2.75) is 57.8 Å². The molecule has 1 aliphatic heterocycles. The lowest BCUT2D eigenvalue weighted by molar-refractivity contribution is -0.171. The third kappa shape index (κ3) is 3.38. The first-order valence-corrected chi connectivity index (χ1v) is 9.55. The number of aliphatic hydroxyl groups excluding tert-OH is 1. The van der Waals surface area contributed by atoms with Crippen LogP contribution in [0.2, 0.25) is 0 Å². The number of furan rings is 1. The van der Waals surface area contributed by atoms with Gasteiger partial charge in [0.15, 0.2) is 5.96 Å². The Bertz CT molecular complexity index is 644. The van der Waals surface area contributed by atoms with Crippen LogP contribution in [0, 0.1) is 18.3 Å². The highest BCUT2D eigenvalue weighted by Crippen LogP contribution is 2.62. The van der Waals surface area contributed by atoms with Gasteiger partial charge in [0.25, 0.3) is 0 Å². The second-order valence-corrected chi connectivity index (χ2v) is 7.64. The summed E-state index contributed by atoms with van der Waals surface area (Å²) in [6.07, 6.45) is 4.66. The van der Waals surface area contributed by atoms with Crippen molar-refractivity contribution in [1.29, 1.82) is 0 Å². The van der Waals surface area contributed by atoms with Crippen LogP contribution in [0.4, 0.5) is 0 Å². The Morgan fingerprint density at radius 3 is 2.85 bits per heavy atom. The number of fused-ring (bicyclic) bond motifs is 2. The van der Waals surface area contributed by atoms with Gasteiger partial charge >= 0.3 is 0 Å². The summed E-state index contributed by atoms with van der Waals surface area (Å²) in [4.78, 5) is 4.60. The minimum absolute atomic E-state index is 0. The predicted molar refractivity (Wildman–Crippen MR) is 111 cm³/mol. The molecule has 1 spiro atoms. The predicted octanol–water partition coefficient (Wildman–Crippen LogP) is 2.75. The molecule has 2 heterocycles. The first-order chi connectivity index (χ1) is 12.1. The smallest absolute Gasteiger partial charge is 0.191 e. The number of halogens is 1. The Morgan fingerprint density at radius 1 is 1.42 bits per heavy atom. The van der Waals surface area contributed by atoms with Gasteiger partial charge in [-0.25, -0.2) is 0 Å². The monoisotopic (exact) mass is 475 g/mol. The van der Waals surface area contributed by atoms with Crippen LogP contribution in [-0.2, 0) is 4.74 Å². The lowest BCUT2D eigenvalue weighted by atomic mass is 9.46. The zero-order valence-corrected chi connectivity index (χ0v) is 17.9. The van der Waals surface area contributed by atoms with Gasteiger partial charge in [0, 0.05) is 30.5 Å². The highest BCUT2D eigenvalue weighted by Gasteiger charge is 2.66. The molecule has 0 amide bonds. The van der Waals surface area contributed by atoms with E-state index in [9.17, 15) is 5.11 Å². The summed E-state index contributed by atoms with van der Waals surface area (Å²) in [5, 5.41) is 17.3. The van der Waals surface area contributed by atoms with Crippen LogP contribution in [-0.4, -0.2) is 42.9 Å². The number of aliphatic imine (C=N–C) groups is 1. The number of aliphatic hydroxyl groups is 1. The van der Waals surface area contributed by atoms with Crippen molar-refractivity contribution in [2.24, 2.45) is 16.3 Å². The molecule has 0 bridgehead atoms. The number of rotatable bonds is 5. The van der Waals surface area contributed by atoms with E-state index in [0.29, 0.717) is 29.2 Å². The highest BCUT2D eigenvalue weighted by molar-refractivity contribution is 14.0. The third-order valence-electron chi connectivity index (χ3n) is 6.18. The molecule has 0 aromatic carbocycles. The van der Waals surface area contributed by atoms with Gasteiger partial charge in [-0.2, -0.15) is 0 Å². The summed E-state index contributed by atoms with van der Waals surface area (Å²) in [7, 11) is 0. The summed E-state index contributed by atoms with van der Waals surface area (Å²) in [6.45, 7) is 5.91. The van der Waals surface area contributed by atoms with Crippen molar-refractivity contribution in [3.8, 4) is 0 Å². The molecule has 4 unspecified atom stereocenters. The number of nitrogens with zero attached hydrogens (tertiary/aromatic N) is 1. The Kier molecular flexibility index (Phi) is 6.18. The molecule has 3 N–H and O–H groups in total. The molecule has 3 fully saturated rings. The Morgan fingerprint density at radius 2 is 2.23 bits per heavy atom. The van der Waals surface area contributed by atoms with E-state index in [1.807, 2.05) is 19.1 Å². The van der Waals surface area contributed by atoms with Crippen molar-refractivity contribution in [2.75, 3.05) is 19.7 Å². The number of ether oxygens (including phenoxy) is 1. The van der Waals surface area contributed by atoms with E-state index in [4.69, 9.17) is 9.15 Å². The third-order valence-corrected chi connectivity index (χ3v) is 6.18. The molecule has 4 rings (SSSR count). The fourth-order valence-corrected chi connectivity index (χ4v) is 4.82. The lowest BCUT2D eigenvalue weighted by Crippen LogP contribution is -2.72. The lowest BCUT2D eigenvalue weighted by Gasteiger charge is -2.63. The van der Waals surface area contributed by atoms with E-state index >= 15 is 0 Å². The quantitative estimate of drug-likeness (QED) is 0.347. The Hall–Kier alpha value is -0.800. The van der Waals surface area contributed by atoms with E-state index in [1.54, 1.807) is 0 Å². The summed E-state index contributed by atoms with van der Waals surface area (Å²) in [6, 6.07) is 4.11. The fourth-order valence-electron chi connectivity index (χ4n) is 4.82. The summed E-state index contributed by atoms with van der Waals surface area (Å²) < 4.78 is 11.5. The topological polar surface area (TPSA) is 79.0 Å². The first-order valence-electron chi connectivity index (χ1n) is 9.55. The van der Waals surface area contributed by atoms with Gasteiger partial charge in [-0.3, -0.25) is 4.99 Å². The van der Waals surface area contributed by atoms with Crippen molar-refractivity contribution in [1.82, 2.24) is 10.6 Å². The number of aryl methyl sites for hydroxylation is 1. The molecular weight excluding hydrogens is 445 g/mol. The van der Waals surface area contributed by atoms with E-state index in [-0.39, 0.29) is 30.5 Å². The highest BCUT2D eigenvalue weighted by atomic mass is 127. The van der Waals surface area contributed by atoms with Crippen molar-refractivity contribution in [3.05, 3.63) is 23.7 Å².